The molecular weight excluding hydrogens is 314 g/mol. The van der Waals surface area contributed by atoms with Gasteiger partial charge in [-0.2, -0.15) is 0 Å². The fraction of sp³-hybridized carbons (Fsp3) is 0.235. The van der Waals surface area contributed by atoms with Crippen molar-refractivity contribution in [1.29, 1.82) is 0 Å². The molecule has 0 unspecified atom stereocenters. The molecule has 0 spiro atoms. The maximum absolute atomic E-state index is 12.6. The summed E-state index contributed by atoms with van der Waals surface area (Å²) in [6.07, 6.45) is 0.939. The van der Waals surface area contributed by atoms with Crippen LogP contribution >= 0.6 is 15.9 Å². The second kappa shape index (κ2) is 5.41. The van der Waals surface area contributed by atoms with Crippen molar-refractivity contribution in [3.8, 4) is 0 Å². The maximum atomic E-state index is 12.6. The van der Waals surface area contributed by atoms with Crippen LogP contribution in [0.5, 0.6) is 0 Å². The van der Waals surface area contributed by atoms with Gasteiger partial charge in [0, 0.05) is 23.1 Å². The Morgan fingerprint density at radius 1 is 1.15 bits per heavy atom. The number of hydrogen-bond acceptors (Lipinski definition) is 1. The normalized spacial score (nSPS) is 14.0. The molecule has 0 aromatic heterocycles. The summed E-state index contributed by atoms with van der Waals surface area (Å²) in [7, 11) is 0. The lowest BCUT2D eigenvalue weighted by Crippen LogP contribution is -2.35. The van der Waals surface area contributed by atoms with Gasteiger partial charge in [0.1, 0.15) is 0 Å². The molecule has 102 valence electrons. The van der Waals surface area contributed by atoms with Gasteiger partial charge in [-0.1, -0.05) is 46.3 Å². The molecular formula is C17H16BrNO. The van der Waals surface area contributed by atoms with Gasteiger partial charge >= 0.3 is 0 Å². The number of hydrogen-bond donors (Lipinski definition) is 0. The standard InChI is InChI=1S/C17H16BrNO/c1-12-6-7-14(10-16(12)18)17(20)19-9-8-13-4-2-3-5-15(13)11-19/h2-7,10H,8-9,11H2,1H3. The van der Waals surface area contributed by atoms with E-state index in [2.05, 4.69) is 34.1 Å². The average molecular weight is 330 g/mol. The van der Waals surface area contributed by atoms with Gasteiger partial charge < -0.3 is 4.90 Å². The van der Waals surface area contributed by atoms with Crippen LogP contribution < -0.4 is 0 Å². The van der Waals surface area contributed by atoms with Crippen LogP contribution in [0.2, 0.25) is 0 Å². The van der Waals surface area contributed by atoms with Crippen LogP contribution in [0.15, 0.2) is 46.9 Å². The molecule has 0 atom stereocenters. The van der Waals surface area contributed by atoms with Crippen molar-refractivity contribution in [3.05, 3.63) is 69.2 Å². The van der Waals surface area contributed by atoms with Crippen molar-refractivity contribution >= 4 is 21.8 Å². The highest BCUT2D eigenvalue weighted by molar-refractivity contribution is 9.10. The molecule has 1 heterocycles. The van der Waals surface area contributed by atoms with Crippen LogP contribution in [0.1, 0.15) is 27.0 Å². The molecule has 2 nitrogen and oxygen atoms in total. The lowest BCUT2D eigenvalue weighted by Gasteiger charge is -2.29. The van der Waals surface area contributed by atoms with Crippen LogP contribution in [0, 0.1) is 6.92 Å². The number of amides is 1. The summed E-state index contributed by atoms with van der Waals surface area (Å²) in [4.78, 5) is 14.5. The highest BCUT2D eigenvalue weighted by Crippen LogP contribution is 2.22. The quantitative estimate of drug-likeness (QED) is 0.775. The van der Waals surface area contributed by atoms with Crippen molar-refractivity contribution in [2.45, 2.75) is 19.9 Å². The van der Waals surface area contributed by atoms with Crippen molar-refractivity contribution in [2.75, 3.05) is 6.54 Å². The number of aryl methyl sites for hydroxylation is 1. The SMILES string of the molecule is Cc1ccc(C(=O)N2CCc3ccccc3C2)cc1Br. The molecule has 3 heteroatoms. The predicted octanol–water partition coefficient (Wildman–Crippen LogP) is 3.96. The molecule has 0 radical (unpaired) electrons. The Kier molecular flexibility index (Phi) is 3.62. The van der Waals surface area contributed by atoms with E-state index in [1.54, 1.807) is 0 Å². The van der Waals surface area contributed by atoms with E-state index in [1.165, 1.54) is 11.1 Å². The average Bonchev–Trinajstić information content (AvgIpc) is 2.49. The Labute approximate surface area is 127 Å². The fourth-order valence-corrected chi connectivity index (χ4v) is 2.96. The third kappa shape index (κ3) is 2.50. The Morgan fingerprint density at radius 3 is 2.65 bits per heavy atom. The fourth-order valence-electron chi connectivity index (χ4n) is 2.58. The summed E-state index contributed by atoms with van der Waals surface area (Å²) in [6, 6.07) is 14.2. The third-order valence-electron chi connectivity index (χ3n) is 3.84. The first-order valence-electron chi connectivity index (χ1n) is 6.77. The summed E-state index contributed by atoms with van der Waals surface area (Å²) in [5.41, 5.74) is 4.52. The summed E-state index contributed by atoms with van der Waals surface area (Å²) < 4.78 is 0.987. The van der Waals surface area contributed by atoms with E-state index in [4.69, 9.17) is 0 Å². The highest BCUT2D eigenvalue weighted by atomic mass is 79.9. The molecule has 0 fully saturated rings. The summed E-state index contributed by atoms with van der Waals surface area (Å²) in [5.74, 6) is 0.111. The molecule has 0 N–H and O–H groups in total. The molecule has 1 aliphatic rings. The van der Waals surface area contributed by atoms with E-state index in [1.807, 2.05) is 36.1 Å². The van der Waals surface area contributed by atoms with E-state index in [0.717, 1.165) is 28.6 Å². The van der Waals surface area contributed by atoms with E-state index in [0.29, 0.717) is 6.54 Å². The minimum absolute atomic E-state index is 0.111. The molecule has 0 aliphatic carbocycles. The van der Waals surface area contributed by atoms with Crippen LogP contribution in [0.3, 0.4) is 0 Å². The Balaban J connectivity index is 1.84. The molecule has 0 bridgehead atoms. The topological polar surface area (TPSA) is 20.3 Å². The van der Waals surface area contributed by atoms with Crippen LogP contribution in [-0.4, -0.2) is 17.4 Å². The van der Waals surface area contributed by atoms with Gasteiger partial charge in [0.05, 0.1) is 0 Å². The van der Waals surface area contributed by atoms with Gasteiger partial charge in [-0.15, -0.1) is 0 Å². The number of fused-ring (bicyclic) bond motifs is 1. The zero-order valence-electron chi connectivity index (χ0n) is 11.4. The Morgan fingerprint density at radius 2 is 1.90 bits per heavy atom. The second-order valence-corrected chi connectivity index (χ2v) is 6.06. The van der Waals surface area contributed by atoms with E-state index < -0.39 is 0 Å². The van der Waals surface area contributed by atoms with Crippen molar-refractivity contribution in [2.24, 2.45) is 0 Å². The predicted molar refractivity (Wildman–Crippen MR) is 83.8 cm³/mol. The molecule has 1 aliphatic heterocycles. The molecule has 0 saturated carbocycles. The van der Waals surface area contributed by atoms with E-state index in [9.17, 15) is 4.79 Å². The second-order valence-electron chi connectivity index (χ2n) is 5.21. The summed E-state index contributed by atoms with van der Waals surface area (Å²) in [6.45, 7) is 3.53. The van der Waals surface area contributed by atoms with Crippen molar-refractivity contribution in [1.82, 2.24) is 4.90 Å². The van der Waals surface area contributed by atoms with Crippen LogP contribution in [0.4, 0.5) is 0 Å². The smallest absolute Gasteiger partial charge is 0.254 e. The number of carbonyl (C=O) groups excluding carboxylic acids is 1. The molecule has 2 aromatic rings. The van der Waals surface area contributed by atoms with Crippen molar-refractivity contribution < 1.29 is 4.79 Å². The van der Waals surface area contributed by atoms with Gasteiger partial charge in [-0.3, -0.25) is 4.79 Å². The van der Waals surface area contributed by atoms with E-state index >= 15 is 0 Å². The largest absolute Gasteiger partial charge is 0.334 e. The monoisotopic (exact) mass is 329 g/mol. The van der Waals surface area contributed by atoms with Crippen LogP contribution in [0.25, 0.3) is 0 Å². The Bertz CT molecular complexity index is 666. The summed E-state index contributed by atoms with van der Waals surface area (Å²) in [5, 5.41) is 0. The van der Waals surface area contributed by atoms with Gasteiger partial charge in [0.25, 0.3) is 5.91 Å². The van der Waals surface area contributed by atoms with Crippen molar-refractivity contribution in [3.63, 3.8) is 0 Å². The van der Waals surface area contributed by atoms with Gasteiger partial charge in [0.15, 0.2) is 0 Å². The first-order chi connectivity index (χ1) is 9.65. The molecule has 0 saturated heterocycles. The zero-order chi connectivity index (χ0) is 14.1. The maximum Gasteiger partial charge on any atom is 0.254 e. The lowest BCUT2D eigenvalue weighted by molar-refractivity contribution is 0.0734. The molecule has 3 rings (SSSR count). The number of nitrogens with zero attached hydrogens (tertiary/aromatic N) is 1. The number of halogens is 1. The highest BCUT2D eigenvalue weighted by Gasteiger charge is 2.21. The number of rotatable bonds is 1. The molecule has 20 heavy (non-hydrogen) atoms. The third-order valence-corrected chi connectivity index (χ3v) is 4.69. The van der Waals surface area contributed by atoms with E-state index in [-0.39, 0.29) is 5.91 Å². The van der Waals surface area contributed by atoms with Crippen LogP contribution in [-0.2, 0) is 13.0 Å². The first kappa shape index (κ1) is 13.4. The number of carbonyl (C=O) groups is 1. The van der Waals surface area contributed by atoms with Gasteiger partial charge in [0.2, 0.25) is 0 Å². The lowest BCUT2D eigenvalue weighted by atomic mass is 9.99. The van der Waals surface area contributed by atoms with Gasteiger partial charge in [-0.05, 0) is 42.2 Å². The number of benzene rings is 2. The molecule has 1 amide bonds. The Hall–Kier alpha value is -1.61. The first-order valence-corrected chi connectivity index (χ1v) is 7.56. The molecule has 2 aromatic carbocycles. The minimum Gasteiger partial charge on any atom is -0.334 e. The van der Waals surface area contributed by atoms with Gasteiger partial charge in [-0.25, -0.2) is 0 Å². The minimum atomic E-state index is 0.111. The summed E-state index contributed by atoms with van der Waals surface area (Å²) >= 11 is 3.49. The zero-order valence-corrected chi connectivity index (χ0v) is 13.0.